The molecule has 0 unspecified atom stereocenters. The smallest absolute Gasteiger partial charge is 0.410 e. The van der Waals surface area contributed by atoms with Crippen LogP contribution in [0.3, 0.4) is 0 Å². The van der Waals surface area contributed by atoms with Gasteiger partial charge >= 0.3 is 12.1 Å². The van der Waals surface area contributed by atoms with Gasteiger partial charge in [-0.1, -0.05) is 60.7 Å². The summed E-state index contributed by atoms with van der Waals surface area (Å²) in [6.07, 6.45) is 3.67. The Morgan fingerprint density at radius 2 is 1.76 bits per heavy atom. The number of amides is 1. The number of anilines is 2. The van der Waals surface area contributed by atoms with Crippen molar-refractivity contribution in [3.05, 3.63) is 101 Å². The number of hydrogen-bond donors (Lipinski definition) is 0. The van der Waals surface area contributed by atoms with E-state index in [0.717, 1.165) is 55.0 Å². The first-order chi connectivity index (χ1) is 24.0. The zero-order chi connectivity index (χ0) is 33.7. The van der Waals surface area contributed by atoms with Crippen LogP contribution in [0.15, 0.2) is 66.7 Å². The number of hydrogen-bond acceptors (Lipinski definition) is 8. The quantitative estimate of drug-likeness (QED) is 0.210. The Morgan fingerprint density at radius 1 is 0.918 bits per heavy atom. The molecule has 1 amide bonds. The molecule has 49 heavy (non-hydrogen) atoms. The van der Waals surface area contributed by atoms with Crippen molar-refractivity contribution in [2.45, 2.75) is 57.8 Å². The van der Waals surface area contributed by atoms with Gasteiger partial charge in [-0.05, 0) is 68.8 Å². The van der Waals surface area contributed by atoms with E-state index < -0.39 is 0 Å². The monoisotopic (exact) mass is 659 g/mol. The second-order valence-electron chi connectivity index (χ2n) is 13.5. The van der Waals surface area contributed by atoms with Gasteiger partial charge in [0, 0.05) is 48.9 Å². The lowest BCUT2D eigenvalue weighted by Gasteiger charge is -2.39. The number of piperazine rings is 1. The van der Waals surface area contributed by atoms with Gasteiger partial charge in [0.1, 0.15) is 25.1 Å². The highest BCUT2D eigenvalue weighted by Gasteiger charge is 2.36. The number of carbonyl (C=O) groups excluding carboxylic acids is 1. The average Bonchev–Trinajstić information content (AvgIpc) is 3.41. The largest absolute Gasteiger partial charge is 0.462 e. The van der Waals surface area contributed by atoms with Gasteiger partial charge < -0.3 is 29.0 Å². The van der Waals surface area contributed by atoms with E-state index in [-0.39, 0.29) is 25.3 Å². The molecule has 10 heteroatoms. The lowest BCUT2D eigenvalue weighted by Crippen LogP contribution is -2.56. The number of aromatic nitrogens is 2. The van der Waals surface area contributed by atoms with Crippen molar-refractivity contribution in [2.75, 3.05) is 62.7 Å². The third kappa shape index (κ3) is 7.13. The lowest BCUT2D eigenvalue weighted by atomic mass is 10.0. The van der Waals surface area contributed by atoms with E-state index in [1.165, 1.54) is 28.4 Å². The van der Waals surface area contributed by atoms with E-state index >= 15 is 0 Å². The van der Waals surface area contributed by atoms with Gasteiger partial charge in [0.15, 0.2) is 0 Å². The van der Waals surface area contributed by atoms with Crippen LogP contribution in [0.5, 0.6) is 6.01 Å². The van der Waals surface area contributed by atoms with Crippen LogP contribution in [0.4, 0.5) is 16.3 Å². The van der Waals surface area contributed by atoms with Crippen LogP contribution in [0.1, 0.15) is 41.6 Å². The van der Waals surface area contributed by atoms with Crippen LogP contribution in [0, 0.1) is 13.5 Å². The maximum Gasteiger partial charge on any atom is 0.410 e. The molecule has 0 bridgehead atoms. The predicted molar refractivity (Wildman–Crippen MR) is 192 cm³/mol. The first kappa shape index (κ1) is 32.7. The summed E-state index contributed by atoms with van der Waals surface area (Å²) in [4.78, 5) is 35.9. The van der Waals surface area contributed by atoms with Gasteiger partial charge in [-0.15, -0.1) is 0 Å². The first-order valence-corrected chi connectivity index (χ1v) is 17.5. The van der Waals surface area contributed by atoms with Crippen molar-refractivity contribution in [1.82, 2.24) is 19.8 Å². The Bertz CT molecular complexity index is 1830. The summed E-state index contributed by atoms with van der Waals surface area (Å²) < 4.78 is 12.1. The molecular formula is C39H45N7O3. The highest BCUT2D eigenvalue weighted by atomic mass is 16.6. The summed E-state index contributed by atoms with van der Waals surface area (Å²) in [5, 5.41) is 2.52. The van der Waals surface area contributed by atoms with Gasteiger partial charge in [0.2, 0.25) is 6.54 Å². The molecule has 0 saturated carbocycles. The minimum Gasteiger partial charge on any atom is -0.462 e. The molecule has 2 saturated heterocycles. The number of rotatable bonds is 8. The number of ether oxygens (including phenoxy) is 2. The molecule has 0 spiro atoms. The minimum atomic E-state index is -0.385. The highest BCUT2D eigenvalue weighted by Crippen LogP contribution is 2.35. The van der Waals surface area contributed by atoms with Crippen molar-refractivity contribution in [3.63, 3.8) is 0 Å². The molecule has 254 valence electrons. The minimum absolute atomic E-state index is 0.190. The number of benzene rings is 3. The van der Waals surface area contributed by atoms with Crippen LogP contribution in [0.25, 0.3) is 15.6 Å². The molecule has 3 aromatic carbocycles. The SMILES string of the molecule is [C-]#[N+]C[C@H]1CN(c2nc(OC[C@@H]3CCCN3C)nc3c2CCCN(c2cccc4c(C)cccc24)C3)CCN1C(=O)OCc1ccccc1. The van der Waals surface area contributed by atoms with Crippen LogP contribution in [-0.4, -0.2) is 90.9 Å². The van der Waals surface area contributed by atoms with Gasteiger partial charge in [0.25, 0.3) is 0 Å². The van der Waals surface area contributed by atoms with Crippen LogP contribution < -0.4 is 14.5 Å². The van der Waals surface area contributed by atoms with Crippen molar-refractivity contribution in [1.29, 1.82) is 0 Å². The fraction of sp³-hybridized carbons (Fsp3) is 0.436. The number of fused-ring (bicyclic) bond motifs is 2. The molecule has 3 aliphatic heterocycles. The van der Waals surface area contributed by atoms with Crippen molar-refractivity contribution in [2.24, 2.45) is 0 Å². The molecule has 2 atom stereocenters. The summed E-state index contributed by atoms with van der Waals surface area (Å²) in [6.45, 7) is 14.9. The number of nitrogens with zero attached hydrogens (tertiary/aromatic N) is 7. The number of aryl methyl sites for hydroxylation is 1. The molecule has 7 rings (SSSR count). The highest BCUT2D eigenvalue weighted by molar-refractivity contribution is 5.96. The van der Waals surface area contributed by atoms with Crippen LogP contribution in [0.2, 0.25) is 0 Å². The average molecular weight is 660 g/mol. The van der Waals surface area contributed by atoms with Crippen LogP contribution in [-0.2, 0) is 24.3 Å². The Balaban J connectivity index is 1.17. The van der Waals surface area contributed by atoms with E-state index in [0.29, 0.717) is 44.8 Å². The maximum absolute atomic E-state index is 13.3. The second-order valence-corrected chi connectivity index (χ2v) is 13.5. The predicted octanol–water partition coefficient (Wildman–Crippen LogP) is 6.11. The van der Waals surface area contributed by atoms with Gasteiger partial charge in [-0.3, -0.25) is 4.90 Å². The molecule has 4 heterocycles. The third-order valence-corrected chi connectivity index (χ3v) is 10.3. The molecule has 10 nitrogen and oxygen atoms in total. The van der Waals surface area contributed by atoms with Gasteiger partial charge in [-0.25, -0.2) is 11.4 Å². The summed E-state index contributed by atoms with van der Waals surface area (Å²) in [6, 6.07) is 23.2. The molecule has 4 aromatic rings. The normalized spacial score (nSPS) is 19.7. The zero-order valence-corrected chi connectivity index (χ0v) is 28.6. The van der Waals surface area contributed by atoms with E-state index in [1.807, 2.05) is 30.3 Å². The number of carbonyl (C=O) groups is 1. The first-order valence-electron chi connectivity index (χ1n) is 17.5. The standard InChI is InChI=1S/C39H45N7O3/c1-28-11-7-16-33-32(28)15-8-18-36(33)44-20-10-17-34-35(25-44)41-38(48-27-30-14-9-19-43(30)3)42-37(34)45-21-22-46(31(24-45)23-40-2)39(47)49-26-29-12-5-4-6-13-29/h4-8,11-13,15-16,18,30-31H,9-10,14,17,19-27H2,1,3H3/t30-,31-/m0/s1. The van der Waals surface area contributed by atoms with Crippen LogP contribution >= 0.6 is 0 Å². The molecule has 2 fully saturated rings. The third-order valence-electron chi connectivity index (χ3n) is 10.3. The Hall–Kier alpha value is -4.88. The fourth-order valence-electron chi connectivity index (χ4n) is 7.56. The Morgan fingerprint density at radius 3 is 2.57 bits per heavy atom. The van der Waals surface area contributed by atoms with Gasteiger partial charge in [-0.2, -0.15) is 9.97 Å². The maximum atomic E-state index is 13.3. The number of likely N-dealkylation sites (N-methyl/N-ethyl adjacent to an activating group) is 1. The van der Waals surface area contributed by atoms with Crippen molar-refractivity contribution < 1.29 is 14.3 Å². The molecule has 0 aliphatic carbocycles. The summed E-state index contributed by atoms with van der Waals surface area (Å²) in [5.41, 5.74) is 5.52. The topological polar surface area (TPSA) is 78.6 Å². The molecule has 0 N–H and O–H groups in total. The summed E-state index contributed by atoms with van der Waals surface area (Å²) >= 11 is 0. The molecular weight excluding hydrogens is 614 g/mol. The summed E-state index contributed by atoms with van der Waals surface area (Å²) in [7, 11) is 2.15. The van der Waals surface area contributed by atoms with Crippen molar-refractivity contribution >= 4 is 28.4 Å². The fourth-order valence-corrected chi connectivity index (χ4v) is 7.56. The van der Waals surface area contributed by atoms with Crippen molar-refractivity contribution in [3.8, 4) is 6.01 Å². The molecule has 0 radical (unpaired) electrons. The number of likely N-dealkylation sites (tertiary alicyclic amines) is 1. The van der Waals surface area contributed by atoms with E-state index in [1.54, 1.807) is 4.90 Å². The van der Waals surface area contributed by atoms with E-state index in [2.05, 4.69) is 69.9 Å². The molecule has 1 aromatic heterocycles. The summed E-state index contributed by atoms with van der Waals surface area (Å²) in [5.74, 6) is 0.864. The molecule has 3 aliphatic rings. The van der Waals surface area contributed by atoms with E-state index in [9.17, 15) is 4.79 Å². The van der Waals surface area contributed by atoms with E-state index in [4.69, 9.17) is 26.0 Å². The zero-order valence-electron chi connectivity index (χ0n) is 28.6. The Labute approximate surface area is 289 Å². The Kier molecular flexibility index (Phi) is 9.80. The van der Waals surface area contributed by atoms with Gasteiger partial charge in [0.05, 0.1) is 12.2 Å². The second kappa shape index (κ2) is 14.7. The lowest BCUT2D eigenvalue weighted by molar-refractivity contribution is 0.0788.